The predicted octanol–water partition coefficient (Wildman–Crippen LogP) is 4.03. The van der Waals surface area contributed by atoms with E-state index < -0.39 is 21.4 Å². The average Bonchev–Trinajstić information content (AvgIpc) is 2.81. The summed E-state index contributed by atoms with van der Waals surface area (Å²) in [6.45, 7) is 7.31. The Kier molecular flexibility index (Phi) is 6.85. The Balaban J connectivity index is 1.47. The van der Waals surface area contributed by atoms with Crippen molar-refractivity contribution >= 4 is 28.1 Å². The Morgan fingerprint density at radius 3 is 2.46 bits per heavy atom. The van der Waals surface area contributed by atoms with Gasteiger partial charge in [0, 0.05) is 16.9 Å². The average molecular weight is 492 g/mol. The first-order chi connectivity index (χ1) is 16.6. The van der Waals surface area contributed by atoms with Crippen molar-refractivity contribution in [3.63, 3.8) is 0 Å². The summed E-state index contributed by atoms with van der Waals surface area (Å²) in [5.74, 6) is 0.505. The van der Waals surface area contributed by atoms with Crippen LogP contribution in [0, 0.1) is 13.8 Å². The number of benzene rings is 2. The minimum atomic E-state index is -2.54. The van der Waals surface area contributed by atoms with Crippen molar-refractivity contribution in [2.45, 2.75) is 57.6 Å². The van der Waals surface area contributed by atoms with E-state index in [1.54, 1.807) is 43.3 Å². The maximum atomic E-state index is 13.5. The lowest BCUT2D eigenvalue weighted by atomic mass is 9.69. The van der Waals surface area contributed by atoms with Crippen molar-refractivity contribution in [3.8, 4) is 0 Å². The standard InChI is InChI=1S/C27H29N3O4S/c1-16-13-24(29-18(3)28-16)27(4)12-11-21-15-22(9-10-23(21)26(27)32)30-25(31)14-19-5-7-20(8-6-19)17(2)35(33)34/h5-10,13,15,17,35H,11-12,14H2,1-4H3,(H,30,31). The number of nitrogens with one attached hydrogen (secondary N) is 1. The van der Waals surface area contributed by atoms with E-state index in [-0.39, 0.29) is 18.1 Å². The molecule has 0 bridgehead atoms. The third-order valence-corrected chi connectivity index (χ3v) is 7.63. The smallest absolute Gasteiger partial charge is 0.228 e. The zero-order valence-corrected chi connectivity index (χ0v) is 21.2. The van der Waals surface area contributed by atoms with Crippen LogP contribution in [0.25, 0.3) is 0 Å². The number of hydrogen-bond acceptors (Lipinski definition) is 6. The van der Waals surface area contributed by atoms with Crippen LogP contribution in [0.1, 0.15) is 69.8 Å². The van der Waals surface area contributed by atoms with Crippen LogP contribution < -0.4 is 5.32 Å². The van der Waals surface area contributed by atoms with E-state index in [2.05, 4.69) is 15.3 Å². The normalized spacial score (nSPS) is 18.3. The summed E-state index contributed by atoms with van der Waals surface area (Å²) in [5, 5.41) is 2.35. The van der Waals surface area contributed by atoms with Crippen LogP contribution in [0.4, 0.5) is 5.69 Å². The molecule has 1 heterocycles. The van der Waals surface area contributed by atoms with Crippen LogP contribution in [0.15, 0.2) is 48.5 Å². The molecule has 7 nitrogen and oxygen atoms in total. The monoisotopic (exact) mass is 491 g/mol. The van der Waals surface area contributed by atoms with Gasteiger partial charge in [0.25, 0.3) is 0 Å². The van der Waals surface area contributed by atoms with E-state index >= 15 is 0 Å². The van der Waals surface area contributed by atoms with E-state index in [0.29, 0.717) is 35.5 Å². The zero-order valence-electron chi connectivity index (χ0n) is 20.3. The molecule has 1 aromatic heterocycles. The van der Waals surface area contributed by atoms with E-state index in [0.717, 1.165) is 22.5 Å². The molecule has 2 atom stereocenters. The molecule has 1 aliphatic rings. The van der Waals surface area contributed by atoms with Crippen LogP contribution in [0.2, 0.25) is 0 Å². The summed E-state index contributed by atoms with van der Waals surface area (Å²) in [5.41, 5.74) is 4.59. The summed E-state index contributed by atoms with van der Waals surface area (Å²) in [6.07, 6.45) is 1.50. The first-order valence-electron chi connectivity index (χ1n) is 11.6. The number of ketones is 1. The molecule has 0 fully saturated rings. The molecule has 3 aromatic rings. The lowest BCUT2D eigenvalue weighted by Gasteiger charge is -2.33. The number of anilines is 1. The van der Waals surface area contributed by atoms with Crippen molar-refractivity contribution in [3.05, 3.63) is 88.0 Å². The second-order valence-corrected chi connectivity index (χ2v) is 10.7. The molecule has 1 aliphatic carbocycles. The number of fused-ring (bicyclic) bond motifs is 1. The topological polar surface area (TPSA) is 106 Å². The molecule has 0 aliphatic heterocycles. The van der Waals surface area contributed by atoms with Crippen LogP contribution >= 0.6 is 0 Å². The fourth-order valence-electron chi connectivity index (χ4n) is 4.57. The Bertz CT molecular complexity index is 1350. The van der Waals surface area contributed by atoms with E-state index in [1.807, 2.05) is 32.9 Å². The van der Waals surface area contributed by atoms with E-state index in [9.17, 15) is 18.0 Å². The highest BCUT2D eigenvalue weighted by molar-refractivity contribution is 7.72. The highest BCUT2D eigenvalue weighted by atomic mass is 32.2. The van der Waals surface area contributed by atoms with E-state index in [4.69, 9.17) is 0 Å². The summed E-state index contributed by atoms with van der Waals surface area (Å²) in [7, 11) is -2.54. The first kappa shape index (κ1) is 24.7. The number of Topliss-reactive ketones (excluding diaryl/α,β-unsaturated/α-hetero) is 1. The molecule has 4 rings (SSSR count). The number of hydrogen-bond donors (Lipinski definition) is 2. The molecule has 2 unspecified atom stereocenters. The van der Waals surface area contributed by atoms with Crippen LogP contribution in [-0.4, -0.2) is 30.1 Å². The molecule has 8 heteroatoms. The molecule has 182 valence electrons. The summed E-state index contributed by atoms with van der Waals surface area (Å²) in [4.78, 5) is 35.0. The maximum absolute atomic E-state index is 13.5. The molecule has 0 radical (unpaired) electrons. The summed E-state index contributed by atoms with van der Waals surface area (Å²) in [6, 6.07) is 14.3. The van der Waals surface area contributed by atoms with Gasteiger partial charge in [-0.25, -0.2) is 18.4 Å². The van der Waals surface area contributed by atoms with Crippen molar-refractivity contribution in [2.75, 3.05) is 5.32 Å². The van der Waals surface area contributed by atoms with Gasteiger partial charge in [-0.05, 0) is 81.5 Å². The minimum absolute atomic E-state index is 0.0308. The molecule has 2 aromatic carbocycles. The van der Waals surface area contributed by atoms with Gasteiger partial charge in [-0.1, -0.05) is 24.3 Å². The quantitative estimate of drug-likeness (QED) is 0.504. The lowest BCUT2D eigenvalue weighted by Crippen LogP contribution is -2.38. The predicted molar refractivity (Wildman–Crippen MR) is 135 cm³/mol. The Labute approximate surface area is 207 Å². The number of amides is 1. The van der Waals surface area contributed by atoms with Gasteiger partial charge in [-0.15, -0.1) is 0 Å². The van der Waals surface area contributed by atoms with Crippen LogP contribution in [0.5, 0.6) is 0 Å². The zero-order chi connectivity index (χ0) is 25.3. The number of carbonyl (C=O) groups excluding carboxylic acids is 2. The third kappa shape index (κ3) is 5.17. The largest absolute Gasteiger partial charge is 0.326 e. The highest BCUT2D eigenvalue weighted by Gasteiger charge is 2.41. The fourth-order valence-corrected chi connectivity index (χ4v) is 4.98. The SMILES string of the molecule is Cc1cc(C2(C)CCc3cc(NC(=O)Cc4ccc(C(C)[SH](=O)=O)cc4)ccc3C2=O)nc(C)n1. The second kappa shape index (κ2) is 9.70. The third-order valence-electron chi connectivity index (χ3n) is 6.70. The Morgan fingerprint density at radius 1 is 1.09 bits per heavy atom. The minimum Gasteiger partial charge on any atom is -0.326 e. The summed E-state index contributed by atoms with van der Waals surface area (Å²) < 4.78 is 22.3. The van der Waals surface area contributed by atoms with Gasteiger partial charge < -0.3 is 5.32 Å². The molecular formula is C27H29N3O4S. The summed E-state index contributed by atoms with van der Waals surface area (Å²) >= 11 is 0. The molecule has 0 saturated heterocycles. The molecular weight excluding hydrogens is 462 g/mol. The van der Waals surface area contributed by atoms with Crippen molar-refractivity contribution in [1.29, 1.82) is 0 Å². The number of aromatic nitrogens is 2. The van der Waals surface area contributed by atoms with Gasteiger partial charge in [0.1, 0.15) is 16.5 Å². The maximum Gasteiger partial charge on any atom is 0.228 e. The van der Waals surface area contributed by atoms with Gasteiger partial charge in [-0.2, -0.15) is 0 Å². The van der Waals surface area contributed by atoms with Gasteiger partial charge >= 0.3 is 0 Å². The number of aryl methyl sites for hydroxylation is 3. The van der Waals surface area contributed by atoms with Gasteiger partial charge in [0.15, 0.2) is 5.78 Å². The Hall–Kier alpha value is -3.39. The highest BCUT2D eigenvalue weighted by Crippen LogP contribution is 2.38. The number of rotatable bonds is 6. The van der Waals surface area contributed by atoms with Gasteiger partial charge in [0.05, 0.1) is 22.8 Å². The molecule has 0 saturated carbocycles. The molecule has 1 amide bonds. The van der Waals surface area contributed by atoms with E-state index in [1.165, 1.54) is 0 Å². The number of carbonyl (C=O) groups is 2. The van der Waals surface area contributed by atoms with Gasteiger partial charge in [-0.3, -0.25) is 9.59 Å². The van der Waals surface area contributed by atoms with Crippen molar-refractivity contribution in [2.24, 2.45) is 0 Å². The van der Waals surface area contributed by atoms with Crippen LogP contribution in [-0.2, 0) is 33.8 Å². The molecule has 35 heavy (non-hydrogen) atoms. The molecule has 1 N–H and O–H groups in total. The second-order valence-electron chi connectivity index (χ2n) is 9.40. The van der Waals surface area contributed by atoms with Crippen molar-refractivity contribution < 1.29 is 18.0 Å². The number of thiol groups is 1. The fraction of sp³-hybridized carbons (Fsp3) is 0.333. The van der Waals surface area contributed by atoms with Gasteiger partial charge in [0.2, 0.25) is 5.91 Å². The molecule has 0 spiro atoms. The number of nitrogens with zero attached hydrogens (tertiary/aromatic N) is 2. The first-order valence-corrected chi connectivity index (χ1v) is 12.8. The van der Waals surface area contributed by atoms with Crippen LogP contribution in [0.3, 0.4) is 0 Å². The van der Waals surface area contributed by atoms with Crippen molar-refractivity contribution in [1.82, 2.24) is 9.97 Å². The lowest BCUT2D eigenvalue weighted by molar-refractivity contribution is -0.115. The Morgan fingerprint density at radius 2 is 1.80 bits per heavy atom.